The van der Waals surface area contributed by atoms with E-state index in [1.165, 1.54) is 25.7 Å². The highest BCUT2D eigenvalue weighted by Gasteiger charge is 2.29. The monoisotopic (exact) mass is 421 g/mol. The van der Waals surface area contributed by atoms with Gasteiger partial charge in [0.25, 0.3) is 10.0 Å². The predicted octanol–water partition coefficient (Wildman–Crippen LogP) is 4.01. The molecule has 1 amide bonds. The summed E-state index contributed by atoms with van der Waals surface area (Å²) < 4.78 is 26.6. The van der Waals surface area contributed by atoms with Gasteiger partial charge in [-0.1, -0.05) is 58.1 Å². The fourth-order valence-corrected chi connectivity index (χ4v) is 4.61. The number of hydrogen-bond acceptors (Lipinski definition) is 4. The van der Waals surface area contributed by atoms with Crippen LogP contribution in [0.15, 0.2) is 34.2 Å². The molecule has 1 aliphatic rings. The summed E-state index contributed by atoms with van der Waals surface area (Å²) >= 11 is 0. The molecule has 0 bridgehead atoms. The highest BCUT2D eigenvalue weighted by molar-refractivity contribution is 7.90. The van der Waals surface area contributed by atoms with Crippen molar-refractivity contribution in [2.75, 3.05) is 13.1 Å². The van der Waals surface area contributed by atoms with E-state index in [-0.39, 0.29) is 10.8 Å². The molecule has 7 heteroatoms. The molecule has 2 rings (SSSR count). The minimum Gasteiger partial charge on any atom is -0.356 e. The fraction of sp³-hybridized carbons (Fsp3) is 0.636. The zero-order chi connectivity index (χ0) is 21.1. The highest BCUT2D eigenvalue weighted by atomic mass is 32.2. The van der Waals surface area contributed by atoms with E-state index in [0.29, 0.717) is 24.4 Å². The number of rotatable bonds is 13. The van der Waals surface area contributed by atoms with Gasteiger partial charge in [0.05, 0.1) is 4.90 Å². The van der Waals surface area contributed by atoms with E-state index in [9.17, 15) is 13.2 Å². The van der Waals surface area contributed by atoms with Crippen molar-refractivity contribution in [3.63, 3.8) is 0 Å². The number of unbranched alkanes of at least 4 members (excludes halogenated alkanes) is 5. The van der Waals surface area contributed by atoms with Crippen molar-refractivity contribution in [2.45, 2.75) is 76.5 Å². The molecule has 0 spiro atoms. The zero-order valence-electron chi connectivity index (χ0n) is 17.7. The summed E-state index contributed by atoms with van der Waals surface area (Å²) in [6.45, 7) is 5.82. The molecule has 0 aromatic heterocycles. The Balaban J connectivity index is 1.53. The van der Waals surface area contributed by atoms with Crippen molar-refractivity contribution in [1.82, 2.24) is 10.0 Å². The van der Waals surface area contributed by atoms with Crippen LogP contribution in [0.1, 0.15) is 77.2 Å². The Hall–Kier alpha value is -1.89. The van der Waals surface area contributed by atoms with Crippen LogP contribution in [0.25, 0.3) is 0 Å². The third-order valence-corrected chi connectivity index (χ3v) is 6.42. The molecular weight excluding hydrogens is 386 g/mol. The Kier molecular flexibility index (Phi) is 9.64. The van der Waals surface area contributed by atoms with Crippen LogP contribution in [0.4, 0.5) is 0 Å². The van der Waals surface area contributed by atoms with E-state index in [1.54, 1.807) is 24.3 Å². The van der Waals surface area contributed by atoms with Crippen LogP contribution >= 0.6 is 0 Å². The smallest absolute Gasteiger partial charge is 0.263 e. The third-order valence-electron chi connectivity index (χ3n) is 5.03. The van der Waals surface area contributed by atoms with E-state index >= 15 is 0 Å². The quantitative estimate of drug-likeness (QED) is 0.472. The number of aliphatic imine (C=N–C) groups is 1. The number of benzene rings is 1. The summed E-state index contributed by atoms with van der Waals surface area (Å²) in [7, 11) is -3.47. The maximum absolute atomic E-state index is 12.0. The van der Waals surface area contributed by atoms with Crippen LogP contribution in [0.2, 0.25) is 0 Å². The molecule has 0 fully saturated rings. The van der Waals surface area contributed by atoms with Crippen LogP contribution in [-0.4, -0.2) is 33.3 Å². The van der Waals surface area contributed by atoms with Gasteiger partial charge < -0.3 is 5.32 Å². The van der Waals surface area contributed by atoms with Crippen LogP contribution in [0.5, 0.6) is 0 Å². The number of fused-ring (bicyclic) bond motifs is 1. The topological polar surface area (TPSA) is 87.6 Å². The van der Waals surface area contributed by atoms with E-state index < -0.39 is 10.0 Å². The lowest BCUT2D eigenvalue weighted by atomic mass is 10.0. The Labute approximate surface area is 175 Å². The number of nitrogens with zero attached hydrogens (tertiary/aromatic N) is 1. The molecule has 0 saturated carbocycles. The summed E-state index contributed by atoms with van der Waals surface area (Å²) in [6.07, 6.45) is 9.15. The van der Waals surface area contributed by atoms with Gasteiger partial charge in [-0.2, -0.15) is 0 Å². The normalized spacial score (nSPS) is 16.0. The summed E-state index contributed by atoms with van der Waals surface area (Å²) in [4.78, 5) is 16.5. The first kappa shape index (κ1) is 23.4. The Morgan fingerprint density at radius 1 is 1.03 bits per heavy atom. The highest BCUT2D eigenvalue weighted by Crippen LogP contribution is 2.22. The summed E-state index contributed by atoms with van der Waals surface area (Å²) in [6, 6.07) is 6.87. The molecule has 1 heterocycles. The first-order valence-corrected chi connectivity index (χ1v) is 12.3. The lowest BCUT2D eigenvalue weighted by Crippen LogP contribution is -2.24. The number of sulfonamides is 1. The molecule has 162 valence electrons. The molecule has 6 nitrogen and oxygen atoms in total. The van der Waals surface area contributed by atoms with Crippen molar-refractivity contribution in [3.8, 4) is 0 Å². The lowest BCUT2D eigenvalue weighted by Gasteiger charge is -2.06. The third kappa shape index (κ3) is 8.17. The average Bonchev–Trinajstić information content (AvgIpc) is 2.94. The van der Waals surface area contributed by atoms with Crippen molar-refractivity contribution in [2.24, 2.45) is 10.9 Å². The van der Waals surface area contributed by atoms with Gasteiger partial charge >= 0.3 is 0 Å². The zero-order valence-corrected chi connectivity index (χ0v) is 18.6. The Morgan fingerprint density at radius 2 is 1.76 bits per heavy atom. The lowest BCUT2D eigenvalue weighted by molar-refractivity contribution is -0.121. The SMILES string of the molecule is CC(C)CCCCCCNC(=O)CCCCCN=C1NS(=O)(=O)c2ccccc21. The second-order valence-corrected chi connectivity index (χ2v) is 9.74. The van der Waals surface area contributed by atoms with E-state index in [4.69, 9.17) is 0 Å². The van der Waals surface area contributed by atoms with E-state index in [2.05, 4.69) is 28.9 Å². The van der Waals surface area contributed by atoms with E-state index in [0.717, 1.165) is 38.1 Å². The van der Waals surface area contributed by atoms with Crippen molar-refractivity contribution >= 4 is 21.8 Å². The molecule has 0 aliphatic carbocycles. The molecule has 2 N–H and O–H groups in total. The van der Waals surface area contributed by atoms with Gasteiger partial charge in [0.1, 0.15) is 5.84 Å². The predicted molar refractivity (Wildman–Crippen MR) is 118 cm³/mol. The second-order valence-electron chi connectivity index (χ2n) is 8.09. The van der Waals surface area contributed by atoms with Gasteiger partial charge in [-0.15, -0.1) is 0 Å². The summed E-state index contributed by atoms with van der Waals surface area (Å²) in [5.74, 6) is 1.32. The minimum atomic E-state index is -3.47. The fourth-order valence-electron chi connectivity index (χ4n) is 3.36. The number of carbonyl (C=O) groups is 1. The minimum absolute atomic E-state index is 0.121. The number of amides is 1. The van der Waals surface area contributed by atoms with Crippen LogP contribution in [0.3, 0.4) is 0 Å². The summed E-state index contributed by atoms with van der Waals surface area (Å²) in [5, 5.41) is 2.99. The van der Waals surface area contributed by atoms with Crippen LogP contribution in [-0.2, 0) is 14.8 Å². The molecule has 0 atom stereocenters. The number of carbonyl (C=O) groups excluding carboxylic acids is 1. The van der Waals surface area contributed by atoms with Crippen molar-refractivity contribution in [3.05, 3.63) is 29.8 Å². The Bertz CT molecular complexity index is 788. The largest absolute Gasteiger partial charge is 0.356 e. The van der Waals surface area contributed by atoms with Crippen LogP contribution < -0.4 is 10.0 Å². The number of nitrogens with one attached hydrogen (secondary N) is 2. The van der Waals surface area contributed by atoms with Gasteiger partial charge in [-0.05, 0) is 37.3 Å². The van der Waals surface area contributed by atoms with Gasteiger partial charge in [-0.3, -0.25) is 14.5 Å². The van der Waals surface area contributed by atoms with Crippen LogP contribution in [0, 0.1) is 5.92 Å². The molecule has 29 heavy (non-hydrogen) atoms. The number of hydrogen-bond donors (Lipinski definition) is 2. The Morgan fingerprint density at radius 3 is 2.55 bits per heavy atom. The second kappa shape index (κ2) is 12.0. The standard InChI is InChI=1S/C22H35N3O3S/c1-18(2)12-6-3-4-10-16-23-21(26)15-7-5-11-17-24-22-19-13-8-9-14-20(19)29(27,28)25-22/h8-9,13-14,18H,3-7,10-12,15-17H2,1-2H3,(H,23,26)(H,24,25). The van der Waals surface area contributed by atoms with Crippen molar-refractivity contribution in [1.29, 1.82) is 0 Å². The van der Waals surface area contributed by atoms with Gasteiger partial charge in [0.15, 0.2) is 0 Å². The number of amidine groups is 1. The van der Waals surface area contributed by atoms with E-state index in [1.807, 2.05) is 0 Å². The molecule has 0 unspecified atom stereocenters. The molecule has 1 aromatic rings. The molecule has 1 aliphatic heterocycles. The molecule has 0 radical (unpaired) electrons. The van der Waals surface area contributed by atoms with Gasteiger partial charge in [0, 0.05) is 25.1 Å². The van der Waals surface area contributed by atoms with Gasteiger partial charge in [-0.25, -0.2) is 8.42 Å². The van der Waals surface area contributed by atoms with Crippen molar-refractivity contribution < 1.29 is 13.2 Å². The van der Waals surface area contributed by atoms with Gasteiger partial charge in [0.2, 0.25) is 5.91 Å². The maximum Gasteiger partial charge on any atom is 0.263 e. The summed E-state index contributed by atoms with van der Waals surface area (Å²) in [5.41, 5.74) is 0.635. The molecule has 1 aromatic carbocycles. The first-order valence-electron chi connectivity index (χ1n) is 10.8. The average molecular weight is 422 g/mol. The molecular formula is C22H35N3O3S. The molecule has 0 saturated heterocycles. The first-order chi connectivity index (χ1) is 13.9. The maximum atomic E-state index is 12.0.